The van der Waals surface area contributed by atoms with Crippen molar-refractivity contribution in [3.05, 3.63) is 59.2 Å². The molecular formula is C33H48N2O7. The van der Waals surface area contributed by atoms with E-state index in [9.17, 15) is 4.79 Å². The third-order valence-corrected chi connectivity index (χ3v) is 7.87. The van der Waals surface area contributed by atoms with Gasteiger partial charge in [0.2, 0.25) is 0 Å². The van der Waals surface area contributed by atoms with E-state index in [0.717, 1.165) is 61.8 Å². The summed E-state index contributed by atoms with van der Waals surface area (Å²) < 4.78 is 34.4. The van der Waals surface area contributed by atoms with E-state index in [2.05, 4.69) is 53.5 Å². The van der Waals surface area contributed by atoms with Gasteiger partial charge in [-0.25, -0.2) is 0 Å². The highest BCUT2D eigenvalue weighted by atomic mass is 16.5. The van der Waals surface area contributed by atoms with Crippen molar-refractivity contribution in [2.24, 2.45) is 11.8 Å². The van der Waals surface area contributed by atoms with Crippen LogP contribution < -0.4 is 15.0 Å². The summed E-state index contributed by atoms with van der Waals surface area (Å²) in [6.07, 6.45) is 0.884. The number of hydrogen-bond donors (Lipinski definition) is 1. The Morgan fingerprint density at radius 1 is 1.05 bits per heavy atom. The summed E-state index contributed by atoms with van der Waals surface area (Å²) in [6.45, 7) is 11.0. The van der Waals surface area contributed by atoms with Crippen molar-refractivity contribution in [2.45, 2.75) is 45.5 Å². The summed E-state index contributed by atoms with van der Waals surface area (Å²) >= 11 is 0. The number of methoxy groups -OCH3 is 2. The second-order valence-electron chi connectivity index (χ2n) is 11.4. The van der Waals surface area contributed by atoms with Gasteiger partial charge in [-0.1, -0.05) is 37.3 Å². The number of carbonyl (C=O) groups excluding carboxylic acids is 1. The zero-order chi connectivity index (χ0) is 29.7. The number of fused-ring (bicyclic) bond motifs is 1. The van der Waals surface area contributed by atoms with Crippen LogP contribution in [-0.4, -0.2) is 85.5 Å². The highest BCUT2D eigenvalue weighted by molar-refractivity contribution is 5.65. The van der Waals surface area contributed by atoms with Gasteiger partial charge in [0.05, 0.1) is 51.4 Å². The van der Waals surface area contributed by atoms with Crippen LogP contribution in [0.5, 0.6) is 5.75 Å². The smallest absolute Gasteiger partial charge is 0.302 e. The Morgan fingerprint density at radius 2 is 1.86 bits per heavy atom. The van der Waals surface area contributed by atoms with Gasteiger partial charge >= 0.3 is 5.97 Å². The average Bonchev–Trinajstić information content (AvgIpc) is 2.99. The molecule has 0 aromatic heterocycles. The van der Waals surface area contributed by atoms with Crippen molar-refractivity contribution in [3.8, 4) is 5.75 Å². The molecule has 2 aromatic rings. The number of anilines is 1. The molecule has 232 valence electrons. The molecule has 4 atom stereocenters. The molecule has 2 aliphatic heterocycles. The maximum absolute atomic E-state index is 11.7. The van der Waals surface area contributed by atoms with Gasteiger partial charge in [0.1, 0.15) is 12.4 Å². The summed E-state index contributed by atoms with van der Waals surface area (Å²) in [5, 5.41) is 3.50. The standard InChI is InChI=1S/C33H48N2O7/c1-24(19-38-4)20-39-21-26-6-9-28(10-7-26)33-29(23-41-25(2)36)17-34-18-32(33)42-22-27-8-11-31-30(16-27)35(13-15-40-31)12-5-14-37-3/h6-11,16,24,29,32-34H,5,12-15,17-23H2,1-4H3/t24-,29?,32-,33?/m0/s1. The lowest BCUT2D eigenvalue weighted by molar-refractivity contribution is -0.143. The monoisotopic (exact) mass is 584 g/mol. The number of rotatable bonds is 16. The predicted molar refractivity (Wildman–Crippen MR) is 162 cm³/mol. The van der Waals surface area contributed by atoms with Gasteiger partial charge in [0.15, 0.2) is 0 Å². The molecule has 1 saturated heterocycles. The van der Waals surface area contributed by atoms with Crippen LogP contribution in [0.4, 0.5) is 5.69 Å². The number of nitrogens with one attached hydrogen (secondary N) is 1. The maximum atomic E-state index is 11.7. The maximum Gasteiger partial charge on any atom is 0.302 e. The molecule has 42 heavy (non-hydrogen) atoms. The lowest BCUT2D eigenvalue weighted by Crippen LogP contribution is -2.48. The Hall–Kier alpha value is -2.69. The fourth-order valence-corrected chi connectivity index (χ4v) is 5.79. The number of nitrogens with zero attached hydrogens (tertiary/aromatic N) is 1. The minimum absolute atomic E-state index is 0.0776. The zero-order valence-electron chi connectivity index (χ0n) is 25.6. The number of ether oxygens (including phenoxy) is 6. The van der Waals surface area contributed by atoms with E-state index in [0.29, 0.717) is 45.6 Å². The SMILES string of the molecule is COCCCN1CCOc2ccc(CO[C@H]3CNCC(COC(C)=O)C3c3ccc(COC[C@@H](C)COC)cc3)cc21. The van der Waals surface area contributed by atoms with E-state index in [1.54, 1.807) is 14.2 Å². The van der Waals surface area contributed by atoms with Crippen molar-refractivity contribution < 1.29 is 33.2 Å². The molecule has 2 aromatic carbocycles. The van der Waals surface area contributed by atoms with Crippen molar-refractivity contribution in [1.82, 2.24) is 5.32 Å². The third-order valence-electron chi connectivity index (χ3n) is 7.87. The predicted octanol–water partition coefficient (Wildman–Crippen LogP) is 4.17. The van der Waals surface area contributed by atoms with Crippen LogP contribution in [0.15, 0.2) is 42.5 Å². The first kappa shape index (κ1) is 32.2. The molecular weight excluding hydrogens is 536 g/mol. The molecule has 0 aliphatic carbocycles. The normalized spacial score (nSPS) is 21.0. The Labute approximate surface area is 250 Å². The van der Waals surface area contributed by atoms with E-state index in [1.807, 2.05) is 6.07 Å². The summed E-state index contributed by atoms with van der Waals surface area (Å²) in [5.41, 5.74) is 4.52. The molecule has 2 unspecified atom stereocenters. The van der Waals surface area contributed by atoms with Gasteiger partial charge in [-0.2, -0.15) is 0 Å². The van der Waals surface area contributed by atoms with E-state index < -0.39 is 0 Å². The highest BCUT2D eigenvalue weighted by Crippen LogP contribution is 2.36. The molecule has 1 N–H and O–H groups in total. The molecule has 1 fully saturated rings. The van der Waals surface area contributed by atoms with Crippen LogP contribution in [0.3, 0.4) is 0 Å². The van der Waals surface area contributed by atoms with Crippen LogP contribution in [0.2, 0.25) is 0 Å². The Balaban J connectivity index is 1.44. The Morgan fingerprint density at radius 3 is 2.62 bits per heavy atom. The lowest BCUT2D eigenvalue weighted by Gasteiger charge is -2.39. The Kier molecular flexibility index (Phi) is 12.9. The molecule has 2 aliphatic rings. The van der Waals surface area contributed by atoms with Gasteiger partial charge in [0.25, 0.3) is 0 Å². The summed E-state index contributed by atoms with van der Waals surface area (Å²) in [6, 6.07) is 14.9. The summed E-state index contributed by atoms with van der Waals surface area (Å²) in [5.74, 6) is 1.17. The number of hydrogen-bond acceptors (Lipinski definition) is 9. The first-order valence-electron chi connectivity index (χ1n) is 15.1. The van der Waals surface area contributed by atoms with Gasteiger partial charge < -0.3 is 38.6 Å². The molecule has 2 heterocycles. The van der Waals surface area contributed by atoms with Crippen LogP contribution in [0, 0.1) is 11.8 Å². The largest absolute Gasteiger partial charge is 0.490 e. The number of carbonyl (C=O) groups is 1. The van der Waals surface area contributed by atoms with E-state index >= 15 is 0 Å². The molecule has 9 nitrogen and oxygen atoms in total. The third kappa shape index (κ3) is 9.41. The van der Waals surface area contributed by atoms with Crippen molar-refractivity contribution in [1.29, 1.82) is 0 Å². The van der Waals surface area contributed by atoms with Crippen LogP contribution >= 0.6 is 0 Å². The summed E-state index contributed by atoms with van der Waals surface area (Å²) in [7, 11) is 3.45. The molecule has 0 bridgehead atoms. The highest BCUT2D eigenvalue weighted by Gasteiger charge is 2.36. The average molecular weight is 585 g/mol. The zero-order valence-corrected chi connectivity index (χ0v) is 25.6. The van der Waals surface area contributed by atoms with E-state index in [-0.39, 0.29) is 23.9 Å². The Bertz CT molecular complexity index is 1100. The van der Waals surface area contributed by atoms with Crippen molar-refractivity contribution in [2.75, 3.05) is 78.3 Å². The quantitative estimate of drug-likeness (QED) is 0.231. The summed E-state index contributed by atoms with van der Waals surface area (Å²) in [4.78, 5) is 14.0. The minimum Gasteiger partial charge on any atom is -0.490 e. The fraction of sp³-hybridized carbons (Fsp3) is 0.606. The first-order valence-corrected chi connectivity index (χ1v) is 15.1. The van der Waals surface area contributed by atoms with Crippen LogP contribution in [0.1, 0.15) is 42.9 Å². The van der Waals surface area contributed by atoms with E-state index in [1.165, 1.54) is 12.5 Å². The molecule has 0 spiro atoms. The van der Waals surface area contributed by atoms with Gasteiger partial charge in [-0.3, -0.25) is 4.79 Å². The topological polar surface area (TPSA) is 87.7 Å². The second-order valence-corrected chi connectivity index (χ2v) is 11.4. The fourth-order valence-electron chi connectivity index (χ4n) is 5.79. The lowest BCUT2D eigenvalue weighted by atomic mass is 9.79. The van der Waals surface area contributed by atoms with E-state index in [4.69, 9.17) is 28.4 Å². The second kappa shape index (κ2) is 16.8. The van der Waals surface area contributed by atoms with Crippen LogP contribution in [-0.2, 0) is 41.7 Å². The van der Waals surface area contributed by atoms with Gasteiger partial charge in [-0.05, 0) is 35.2 Å². The molecule has 4 rings (SSSR count). The van der Waals surface area contributed by atoms with Crippen molar-refractivity contribution >= 4 is 11.7 Å². The molecule has 0 amide bonds. The van der Waals surface area contributed by atoms with Gasteiger partial charge in [-0.15, -0.1) is 0 Å². The van der Waals surface area contributed by atoms with Crippen molar-refractivity contribution in [3.63, 3.8) is 0 Å². The molecule has 9 heteroatoms. The number of benzene rings is 2. The molecule has 0 radical (unpaired) electrons. The van der Waals surface area contributed by atoms with Crippen LogP contribution in [0.25, 0.3) is 0 Å². The minimum atomic E-state index is -0.265. The van der Waals surface area contributed by atoms with Gasteiger partial charge in [0, 0.05) is 65.1 Å². The first-order chi connectivity index (χ1) is 20.5. The number of esters is 1. The molecule has 0 saturated carbocycles. The number of piperidine rings is 1.